The van der Waals surface area contributed by atoms with Crippen LogP contribution in [-0.4, -0.2) is 53.3 Å². The molecule has 4 aromatic rings. The molecule has 0 unspecified atom stereocenters. The molecule has 0 radical (unpaired) electrons. The van der Waals surface area contributed by atoms with E-state index >= 15 is 0 Å². The first-order valence-electron chi connectivity index (χ1n) is 10.3. The Balaban J connectivity index is 1.31. The molecule has 11 nitrogen and oxygen atoms in total. The van der Waals surface area contributed by atoms with Gasteiger partial charge in [-0.05, 0) is 37.1 Å². The minimum Gasteiger partial charge on any atom is -0.324 e. The van der Waals surface area contributed by atoms with Crippen LogP contribution < -0.4 is 16.6 Å². The number of hydrogen-bond donors (Lipinski definition) is 3. The minimum absolute atomic E-state index is 0.0274. The van der Waals surface area contributed by atoms with Crippen molar-refractivity contribution in [1.29, 1.82) is 0 Å². The van der Waals surface area contributed by atoms with E-state index in [0.717, 1.165) is 11.1 Å². The number of amides is 2. The lowest BCUT2D eigenvalue weighted by Crippen LogP contribution is -2.43. The zero-order valence-corrected chi connectivity index (χ0v) is 17.4. The topological polar surface area (TPSA) is 134 Å². The first-order valence-corrected chi connectivity index (χ1v) is 10.3. The van der Waals surface area contributed by atoms with Crippen LogP contribution in [0.2, 0.25) is 0 Å². The van der Waals surface area contributed by atoms with Gasteiger partial charge in [0.2, 0.25) is 0 Å². The molecular formula is C21H22N8O3. The molecule has 0 aliphatic carbocycles. The van der Waals surface area contributed by atoms with Gasteiger partial charge in [0.15, 0.2) is 5.65 Å². The van der Waals surface area contributed by atoms with Crippen LogP contribution in [0.3, 0.4) is 0 Å². The third-order valence-electron chi connectivity index (χ3n) is 5.83. The van der Waals surface area contributed by atoms with E-state index in [4.69, 9.17) is 0 Å². The van der Waals surface area contributed by atoms with Gasteiger partial charge < -0.3 is 14.8 Å². The van der Waals surface area contributed by atoms with E-state index in [1.54, 1.807) is 53.3 Å². The maximum Gasteiger partial charge on any atom is 0.327 e. The SMILES string of the molecule is Cn1cc(-c2cc[nH]n2)cc(NC(=O)N2CCC(n3c(=O)[nH]c4ncccc43)CC2)c1=O. The molecule has 5 rings (SSSR count). The largest absolute Gasteiger partial charge is 0.327 e. The van der Waals surface area contributed by atoms with Crippen molar-refractivity contribution in [2.75, 3.05) is 18.4 Å². The van der Waals surface area contributed by atoms with E-state index < -0.39 is 0 Å². The number of fused-ring (bicyclic) bond motifs is 1. The number of likely N-dealkylation sites (tertiary alicyclic amines) is 1. The second-order valence-electron chi connectivity index (χ2n) is 7.84. The van der Waals surface area contributed by atoms with Gasteiger partial charge in [0.1, 0.15) is 5.69 Å². The van der Waals surface area contributed by atoms with Crippen LogP contribution in [0.4, 0.5) is 10.5 Å². The highest BCUT2D eigenvalue weighted by atomic mass is 16.2. The van der Waals surface area contributed by atoms with Crippen LogP contribution in [0.1, 0.15) is 18.9 Å². The summed E-state index contributed by atoms with van der Waals surface area (Å²) in [6, 6.07) is 6.71. The molecule has 1 saturated heterocycles. The fourth-order valence-corrected chi connectivity index (χ4v) is 4.20. The third-order valence-corrected chi connectivity index (χ3v) is 5.83. The molecule has 3 N–H and O–H groups in total. The monoisotopic (exact) mass is 434 g/mol. The van der Waals surface area contributed by atoms with Crippen molar-refractivity contribution < 1.29 is 4.79 Å². The number of H-pyrrole nitrogens is 2. The van der Waals surface area contributed by atoms with Crippen LogP contribution in [0.15, 0.2) is 52.4 Å². The van der Waals surface area contributed by atoms with Gasteiger partial charge in [-0.15, -0.1) is 0 Å². The first-order chi connectivity index (χ1) is 15.5. The molecule has 0 bridgehead atoms. The summed E-state index contributed by atoms with van der Waals surface area (Å²) in [5, 5.41) is 9.62. The number of pyridine rings is 2. The van der Waals surface area contributed by atoms with Crippen LogP contribution in [0, 0.1) is 0 Å². The molecule has 0 spiro atoms. The number of imidazole rings is 1. The minimum atomic E-state index is -0.340. The van der Waals surface area contributed by atoms with Crippen LogP contribution >= 0.6 is 0 Å². The summed E-state index contributed by atoms with van der Waals surface area (Å²) in [5.74, 6) is 0. The summed E-state index contributed by atoms with van der Waals surface area (Å²) in [4.78, 5) is 46.5. The summed E-state index contributed by atoms with van der Waals surface area (Å²) in [7, 11) is 1.63. The van der Waals surface area contributed by atoms with Gasteiger partial charge in [0.25, 0.3) is 5.56 Å². The quantitative estimate of drug-likeness (QED) is 0.451. The van der Waals surface area contributed by atoms with Crippen molar-refractivity contribution in [3.05, 3.63) is 63.7 Å². The molecule has 1 aliphatic rings. The van der Waals surface area contributed by atoms with Crippen molar-refractivity contribution >= 4 is 22.9 Å². The summed E-state index contributed by atoms with van der Waals surface area (Å²) in [6.45, 7) is 0.935. The van der Waals surface area contributed by atoms with Gasteiger partial charge in [0, 0.05) is 50.3 Å². The van der Waals surface area contributed by atoms with Gasteiger partial charge in [-0.2, -0.15) is 5.10 Å². The Morgan fingerprint density at radius 3 is 2.78 bits per heavy atom. The van der Waals surface area contributed by atoms with E-state index in [1.807, 2.05) is 6.07 Å². The molecule has 5 heterocycles. The number of nitrogens with one attached hydrogen (secondary N) is 3. The molecule has 1 fully saturated rings. The van der Waals surface area contributed by atoms with Gasteiger partial charge in [-0.25, -0.2) is 14.6 Å². The van der Waals surface area contributed by atoms with E-state index in [1.165, 1.54) is 4.57 Å². The Bertz CT molecular complexity index is 1390. The molecular weight excluding hydrogens is 412 g/mol. The number of hydrogen-bond acceptors (Lipinski definition) is 5. The number of nitrogens with zero attached hydrogens (tertiary/aromatic N) is 5. The lowest BCUT2D eigenvalue weighted by Gasteiger charge is -2.32. The number of aryl methyl sites for hydroxylation is 1. The summed E-state index contributed by atoms with van der Waals surface area (Å²) >= 11 is 0. The average molecular weight is 434 g/mol. The molecule has 32 heavy (non-hydrogen) atoms. The van der Waals surface area contributed by atoms with Gasteiger partial charge in [0.05, 0.1) is 11.2 Å². The highest BCUT2D eigenvalue weighted by Crippen LogP contribution is 2.25. The predicted molar refractivity (Wildman–Crippen MR) is 118 cm³/mol. The normalized spacial score (nSPS) is 14.7. The number of piperidine rings is 1. The van der Waals surface area contributed by atoms with E-state index in [9.17, 15) is 14.4 Å². The maximum atomic E-state index is 12.9. The lowest BCUT2D eigenvalue weighted by molar-refractivity contribution is 0.184. The van der Waals surface area contributed by atoms with Gasteiger partial charge >= 0.3 is 11.7 Å². The Labute approximate surface area is 181 Å². The van der Waals surface area contributed by atoms with Crippen LogP contribution in [0.5, 0.6) is 0 Å². The molecule has 0 saturated carbocycles. The number of carbonyl (C=O) groups excluding carboxylic acids is 1. The zero-order valence-electron chi connectivity index (χ0n) is 17.4. The van der Waals surface area contributed by atoms with Gasteiger partial charge in [-0.3, -0.25) is 19.4 Å². The number of anilines is 1. The number of rotatable bonds is 3. The predicted octanol–water partition coefficient (Wildman–Crippen LogP) is 1.68. The Kier molecular flexibility index (Phi) is 4.85. The maximum absolute atomic E-state index is 12.9. The third kappa shape index (κ3) is 3.47. The summed E-state index contributed by atoms with van der Waals surface area (Å²) in [5.41, 5.74) is 2.42. The average Bonchev–Trinajstić information content (AvgIpc) is 3.44. The van der Waals surface area contributed by atoms with Crippen LogP contribution in [0.25, 0.3) is 22.4 Å². The fraction of sp³-hybridized carbons (Fsp3) is 0.286. The van der Waals surface area contributed by atoms with Crippen molar-refractivity contribution in [3.8, 4) is 11.3 Å². The van der Waals surface area contributed by atoms with Crippen molar-refractivity contribution in [3.63, 3.8) is 0 Å². The standard InChI is InChI=1S/C21H22N8O3/c1-27-12-13(15-4-8-23-26-15)11-16(19(27)30)24-20(31)28-9-5-14(6-10-28)29-17-3-2-7-22-18(17)25-21(29)32/h2-4,7-8,11-12,14H,5-6,9-10H2,1H3,(H,23,26)(H,24,31)(H,22,25,32). The number of aromatic amines is 2. The Morgan fingerprint density at radius 2 is 2.03 bits per heavy atom. The van der Waals surface area contributed by atoms with Crippen molar-refractivity contribution in [1.82, 2.24) is 34.2 Å². The molecule has 1 aliphatic heterocycles. The Morgan fingerprint density at radius 1 is 1.22 bits per heavy atom. The second-order valence-corrected chi connectivity index (χ2v) is 7.84. The molecule has 0 aromatic carbocycles. The van der Waals surface area contributed by atoms with Crippen LogP contribution in [-0.2, 0) is 7.05 Å². The molecule has 11 heteroatoms. The number of urea groups is 1. The van der Waals surface area contributed by atoms with Crippen molar-refractivity contribution in [2.24, 2.45) is 7.05 Å². The summed E-state index contributed by atoms with van der Waals surface area (Å²) < 4.78 is 3.14. The van der Waals surface area contributed by atoms with E-state index in [0.29, 0.717) is 37.3 Å². The highest BCUT2D eigenvalue weighted by molar-refractivity contribution is 5.90. The molecule has 164 valence electrons. The number of aromatic nitrogens is 6. The van der Waals surface area contributed by atoms with Gasteiger partial charge in [-0.1, -0.05) is 0 Å². The van der Waals surface area contributed by atoms with E-state index in [-0.39, 0.29) is 29.0 Å². The smallest absolute Gasteiger partial charge is 0.324 e. The first kappa shape index (κ1) is 19.8. The Hall–Kier alpha value is -4.15. The van der Waals surface area contributed by atoms with E-state index in [2.05, 4.69) is 25.5 Å². The van der Waals surface area contributed by atoms with Crippen molar-refractivity contribution in [2.45, 2.75) is 18.9 Å². The summed E-state index contributed by atoms with van der Waals surface area (Å²) in [6.07, 6.45) is 6.26. The molecule has 2 amide bonds. The second kappa shape index (κ2) is 7.84. The molecule has 4 aromatic heterocycles. The molecule has 0 atom stereocenters. The number of carbonyl (C=O) groups is 1. The zero-order chi connectivity index (χ0) is 22.2. The fourth-order valence-electron chi connectivity index (χ4n) is 4.20. The lowest BCUT2D eigenvalue weighted by atomic mass is 10.0. The highest BCUT2D eigenvalue weighted by Gasteiger charge is 2.26.